The molecular formula is C41H42N6O. The van der Waals surface area contributed by atoms with Gasteiger partial charge in [0.1, 0.15) is 23.1 Å². The van der Waals surface area contributed by atoms with Gasteiger partial charge in [-0.15, -0.1) is 5.10 Å². The number of para-hydroxylation sites is 1. The number of pyridine rings is 1. The number of hydrogen-bond donors (Lipinski definition) is 0. The lowest BCUT2D eigenvalue weighted by Crippen LogP contribution is -2.15. The second-order valence-corrected chi connectivity index (χ2v) is 13.2. The summed E-state index contributed by atoms with van der Waals surface area (Å²) < 4.78 is 10.9. The Balaban J connectivity index is 1.35. The highest BCUT2D eigenvalue weighted by Crippen LogP contribution is 2.44. The van der Waals surface area contributed by atoms with Gasteiger partial charge in [-0.25, -0.2) is 9.67 Å². The molecule has 0 aliphatic carbocycles. The summed E-state index contributed by atoms with van der Waals surface area (Å²) in [5.74, 6) is 4.31. The van der Waals surface area contributed by atoms with Crippen LogP contribution in [0.5, 0.6) is 11.5 Å². The van der Waals surface area contributed by atoms with Crippen LogP contribution in [0.3, 0.4) is 0 Å². The maximum absolute atomic E-state index is 6.60. The van der Waals surface area contributed by atoms with Crippen molar-refractivity contribution >= 4 is 33.4 Å². The van der Waals surface area contributed by atoms with Crippen LogP contribution in [-0.4, -0.2) is 47.5 Å². The molecule has 3 heterocycles. The first-order chi connectivity index (χ1) is 23.0. The van der Waals surface area contributed by atoms with Gasteiger partial charge in [0, 0.05) is 57.3 Å². The van der Waals surface area contributed by atoms with E-state index in [9.17, 15) is 0 Å². The van der Waals surface area contributed by atoms with E-state index in [1.165, 1.54) is 33.2 Å². The number of benzene rings is 4. The van der Waals surface area contributed by atoms with Crippen LogP contribution in [0.4, 0.5) is 11.6 Å². The van der Waals surface area contributed by atoms with Crippen molar-refractivity contribution in [1.82, 2.24) is 19.3 Å². The maximum Gasteiger partial charge on any atom is 0.160 e. The Kier molecular flexibility index (Phi) is 7.71. The Morgan fingerprint density at radius 3 is 2.04 bits per heavy atom. The minimum Gasteiger partial charge on any atom is -0.457 e. The van der Waals surface area contributed by atoms with Gasteiger partial charge in [-0.2, -0.15) is 0 Å². The molecule has 0 radical (unpaired) electrons. The number of rotatable bonds is 7. The molecule has 0 aliphatic heterocycles. The zero-order valence-corrected chi connectivity index (χ0v) is 29.3. The fourth-order valence-corrected chi connectivity index (χ4v) is 6.84. The Morgan fingerprint density at radius 1 is 0.625 bits per heavy atom. The van der Waals surface area contributed by atoms with Crippen LogP contribution in [0.2, 0.25) is 0 Å². The quantitative estimate of drug-likeness (QED) is 0.175. The number of aryl methyl sites for hydroxylation is 3. The summed E-state index contributed by atoms with van der Waals surface area (Å²) in [5.41, 5.74) is 11.7. The van der Waals surface area contributed by atoms with Gasteiger partial charge in [0.15, 0.2) is 5.82 Å². The molecule has 0 atom stereocenters. The largest absolute Gasteiger partial charge is 0.457 e. The van der Waals surface area contributed by atoms with Crippen LogP contribution in [-0.2, 0) is 0 Å². The Labute approximate surface area is 282 Å². The van der Waals surface area contributed by atoms with Crippen LogP contribution >= 0.6 is 0 Å². The summed E-state index contributed by atoms with van der Waals surface area (Å²) in [7, 11) is 8.29. The Bertz CT molecular complexity index is 2320. The molecule has 0 unspecified atom stereocenters. The molecule has 48 heavy (non-hydrogen) atoms. The zero-order valence-electron chi connectivity index (χ0n) is 29.3. The fraction of sp³-hybridized carbons (Fsp3) is 0.220. The van der Waals surface area contributed by atoms with Crippen molar-refractivity contribution in [3.63, 3.8) is 0 Å². The summed E-state index contributed by atoms with van der Waals surface area (Å²) in [4.78, 5) is 8.99. The molecule has 7 nitrogen and oxygen atoms in total. The molecule has 0 saturated carbocycles. The van der Waals surface area contributed by atoms with Crippen molar-refractivity contribution in [3.8, 4) is 34.1 Å². The van der Waals surface area contributed by atoms with Gasteiger partial charge >= 0.3 is 0 Å². The van der Waals surface area contributed by atoms with Crippen LogP contribution < -0.4 is 14.5 Å². The second-order valence-electron chi connectivity index (χ2n) is 13.2. The molecule has 7 heteroatoms. The summed E-state index contributed by atoms with van der Waals surface area (Å²) in [5, 5.41) is 7.56. The number of aromatic nitrogens is 4. The number of fused-ring (bicyclic) bond motifs is 3. The third-order valence-electron chi connectivity index (χ3n) is 9.38. The highest BCUT2D eigenvalue weighted by atomic mass is 16.5. The van der Waals surface area contributed by atoms with Gasteiger partial charge in [0.05, 0.1) is 22.3 Å². The van der Waals surface area contributed by atoms with Gasteiger partial charge in [0.25, 0.3) is 0 Å². The van der Waals surface area contributed by atoms with E-state index in [-0.39, 0.29) is 0 Å². The second kappa shape index (κ2) is 11.9. The standard InChI is InChI=1S/C41H42N6O/c1-25-19-20-42-37(21-25)46-35-16-11-10-15-33(35)34-18-17-32(24-36(34)46)48-31-14-12-13-30(23-31)47-41(45(8)9)39(40(43-47)44(6)7)38-28(4)26(2)22-27(3)29(38)5/h10-24H,1-9H3. The first-order valence-corrected chi connectivity index (χ1v) is 16.3. The van der Waals surface area contributed by atoms with Crippen molar-refractivity contribution in [1.29, 1.82) is 0 Å². The highest BCUT2D eigenvalue weighted by molar-refractivity contribution is 6.09. The molecular weight excluding hydrogens is 592 g/mol. The van der Waals surface area contributed by atoms with E-state index in [4.69, 9.17) is 14.8 Å². The minimum absolute atomic E-state index is 0.732. The molecule has 0 spiro atoms. The van der Waals surface area contributed by atoms with Gasteiger partial charge in [-0.05, 0) is 110 Å². The summed E-state index contributed by atoms with van der Waals surface area (Å²) in [6, 6.07) is 29.4. The first-order valence-electron chi connectivity index (χ1n) is 16.3. The third-order valence-corrected chi connectivity index (χ3v) is 9.38. The molecule has 3 aromatic heterocycles. The topological polar surface area (TPSA) is 51.4 Å². The van der Waals surface area contributed by atoms with Crippen molar-refractivity contribution in [3.05, 3.63) is 119 Å². The zero-order chi connectivity index (χ0) is 33.9. The van der Waals surface area contributed by atoms with Gasteiger partial charge in [-0.3, -0.25) is 4.57 Å². The lowest BCUT2D eigenvalue weighted by atomic mass is 9.90. The molecule has 7 aromatic rings. The average Bonchev–Trinajstić information content (AvgIpc) is 3.61. The average molecular weight is 635 g/mol. The Hall–Kier alpha value is -5.56. The lowest BCUT2D eigenvalue weighted by molar-refractivity contribution is 0.483. The van der Waals surface area contributed by atoms with Gasteiger partial charge < -0.3 is 14.5 Å². The van der Waals surface area contributed by atoms with Crippen LogP contribution in [0.1, 0.15) is 27.8 Å². The van der Waals surface area contributed by atoms with Gasteiger partial charge in [-0.1, -0.05) is 30.3 Å². The molecule has 0 N–H and O–H groups in total. The molecule has 4 aromatic carbocycles. The number of hydrogen-bond acceptors (Lipinski definition) is 5. The first kappa shape index (κ1) is 31.1. The Morgan fingerprint density at radius 2 is 1.33 bits per heavy atom. The van der Waals surface area contributed by atoms with E-state index >= 15 is 0 Å². The monoisotopic (exact) mass is 634 g/mol. The van der Waals surface area contributed by atoms with E-state index < -0.39 is 0 Å². The van der Waals surface area contributed by atoms with Crippen molar-refractivity contribution < 1.29 is 4.74 Å². The van der Waals surface area contributed by atoms with Crippen LogP contribution in [0, 0.1) is 34.6 Å². The van der Waals surface area contributed by atoms with Crippen molar-refractivity contribution in [2.24, 2.45) is 0 Å². The van der Waals surface area contributed by atoms with E-state index in [1.807, 2.05) is 35.1 Å². The maximum atomic E-state index is 6.60. The van der Waals surface area contributed by atoms with Crippen LogP contribution in [0.15, 0.2) is 91.1 Å². The number of anilines is 2. The molecule has 0 fully saturated rings. The third kappa shape index (κ3) is 5.16. The number of ether oxygens (including phenoxy) is 1. The number of nitrogens with zero attached hydrogens (tertiary/aromatic N) is 6. The smallest absolute Gasteiger partial charge is 0.160 e. The molecule has 0 amide bonds. The molecule has 0 bridgehead atoms. The SMILES string of the molecule is Cc1ccnc(-n2c3ccccc3c3ccc(Oc4cccc(-n5nc(N(C)C)c(-c6c(C)c(C)cc(C)c6C)c5N(C)C)c4)cc32)c1. The van der Waals surface area contributed by atoms with Crippen molar-refractivity contribution in [2.75, 3.05) is 38.0 Å². The van der Waals surface area contributed by atoms with Crippen LogP contribution in [0.25, 0.3) is 44.4 Å². The molecule has 242 valence electrons. The molecule has 7 rings (SSSR count). The van der Waals surface area contributed by atoms with E-state index in [0.29, 0.717) is 0 Å². The summed E-state index contributed by atoms with van der Waals surface area (Å²) in [6.45, 7) is 10.9. The van der Waals surface area contributed by atoms with Gasteiger partial charge in [0.2, 0.25) is 0 Å². The molecule has 0 aliphatic rings. The minimum atomic E-state index is 0.732. The lowest BCUT2D eigenvalue weighted by Gasteiger charge is -2.22. The normalized spacial score (nSPS) is 11.4. The summed E-state index contributed by atoms with van der Waals surface area (Å²) in [6.07, 6.45) is 1.87. The highest BCUT2D eigenvalue weighted by Gasteiger charge is 2.27. The fourth-order valence-electron chi connectivity index (χ4n) is 6.84. The van der Waals surface area contributed by atoms with Crippen molar-refractivity contribution in [2.45, 2.75) is 34.6 Å². The summed E-state index contributed by atoms with van der Waals surface area (Å²) >= 11 is 0. The van der Waals surface area contributed by atoms with E-state index in [0.717, 1.165) is 62.2 Å². The predicted octanol–water partition coefficient (Wildman–Crippen LogP) is 9.50. The molecule has 0 saturated heterocycles. The van der Waals surface area contributed by atoms with E-state index in [2.05, 4.69) is 138 Å². The van der Waals surface area contributed by atoms with E-state index in [1.54, 1.807) is 0 Å². The predicted molar refractivity (Wildman–Crippen MR) is 200 cm³/mol.